The number of carbonyl (C=O) groups excluding carboxylic acids is 1. The van der Waals surface area contributed by atoms with Crippen molar-refractivity contribution in [1.82, 2.24) is 14.8 Å². The van der Waals surface area contributed by atoms with E-state index in [2.05, 4.69) is 15.5 Å². The first-order valence-corrected chi connectivity index (χ1v) is 9.74. The molecule has 1 amide bonds. The molecular formula is C19H19ClN4O2S. The third-order valence-corrected chi connectivity index (χ3v) is 4.81. The number of anilines is 1. The van der Waals surface area contributed by atoms with Crippen LogP contribution in [0.3, 0.4) is 0 Å². The molecule has 0 saturated heterocycles. The van der Waals surface area contributed by atoms with E-state index < -0.39 is 0 Å². The Balaban J connectivity index is 1.68. The highest BCUT2D eigenvalue weighted by atomic mass is 35.5. The van der Waals surface area contributed by atoms with Gasteiger partial charge in [0.05, 0.1) is 11.4 Å². The summed E-state index contributed by atoms with van der Waals surface area (Å²) in [5, 5.41) is 12.0. The molecule has 6 nitrogen and oxygen atoms in total. The van der Waals surface area contributed by atoms with Gasteiger partial charge in [0, 0.05) is 11.1 Å². The highest BCUT2D eigenvalue weighted by molar-refractivity contribution is 7.99. The molecule has 0 bridgehead atoms. The first kappa shape index (κ1) is 19.3. The van der Waals surface area contributed by atoms with Crippen LogP contribution in [0.25, 0.3) is 0 Å². The molecule has 1 N–H and O–H groups in total. The van der Waals surface area contributed by atoms with Crippen LogP contribution in [0.1, 0.15) is 19.9 Å². The van der Waals surface area contributed by atoms with E-state index >= 15 is 0 Å². The first-order valence-electron chi connectivity index (χ1n) is 8.37. The Morgan fingerprint density at radius 3 is 2.78 bits per heavy atom. The van der Waals surface area contributed by atoms with E-state index in [1.165, 1.54) is 11.8 Å². The number of ether oxygens (including phenoxy) is 1. The Bertz CT molecular complexity index is 915. The number of hydrogen-bond donors (Lipinski definition) is 1. The number of hydrogen-bond acceptors (Lipinski definition) is 5. The summed E-state index contributed by atoms with van der Waals surface area (Å²) >= 11 is 7.41. The monoisotopic (exact) mass is 402 g/mol. The van der Waals surface area contributed by atoms with Crippen LogP contribution < -0.4 is 10.1 Å². The van der Waals surface area contributed by atoms with Crippen LogP contribution in [0, 0.1) is 0 Å². The predicted octanol–water partition coefficient (Wildman–Crippen LogP) is 5.04. The minimum absolute atomic E-state index is 0.182. The van der Waals surface area contributed by atoms with Gasteiger partial charge in [0.1, 0.15) is 12.1 Å². The minimum atomic E-state index is -0.182. The average Bonchev–Trinajstić information content (AvgIpc) is 3.12. The maximum absolute atomic E-state index is 12.4. The molecule has 1 heterocycles. The van der Waals surface area contributed by atoms with Crippen molar-refractivity contribution in [2.24, 2.45) is 0 Å². The number of nitrogens with one attached hydrogen (secondary N) is 1. The lowest BCUT2D eigenvalue weighted by molar-refractivity contribution is -0.113. The van der Waals surface area contributed by atoms with Gasteiger partial charge in [-0.05, 0) is 44.2 Å². The maximum Gasteiger partial charge on any atom is 0.234 e. The van der Waals surface area contributed by atoms with Gasteiger partial charge in [-0.25, -0.2) is 0 Å². The predicted molar refractivity (Wildman–Crippen MR) is 108 cm³/mol. The number of carbonyl (C=O) groups is 1. The van der Waals surface area contributed by atoms with Crippen molar-refractivity contribution in [1.29, 1.82) is 0 Å². The molecule has 0 spiro atoms. The molecular weight excluding hydrogens is 384 g/mol. The number of thioether (sulfide) groups is 1. The molecule has 0 aliphatic rings. The van der Waals surface area contributed by atoms with Crippen LogP contribution in [0.2, 0.25) is 5.02 Å². The number of para-hydroxylation sites is 1. The molecule has 3 aromatic rings. The molecule has 0 fully saturated rings. The molecule has 140 valence electrons. The quantitative estimate of drug-likeness (QED) is 0.561. The first-order chi connectivity index (χ1) is 13.0. The average molecular weight is 403 g/mol. The molecule has 8 heteroatoms. The molecule has 27 heavy (non-hydrogen) atoms. The zero-order valence-corrected chi connectivity index (χ0v) is 16.5. The fourth-order valence-corrected chi connectivity index (χ4v) is 3.33. The molecule has 0 radical (unpaired) electrons. The SMILES string of the molecule is CC(C)n1cnnc1SCC(=O)Nc1cc(Cl)ccc1Oc1ccccc1. The van der Waals surface area contributed by atoms with Gasteiger partial charge in [0.2, 0.25) is 5.91 Å². The normalized spacial score (nSPS) is 10.8. The van der Waals surface area contributed by atoms with E-state index in [4.69, 9.17) is 16.3 Å². The summed E-state index contributed by atoms with van der Waals surface area (Å²) in [5.41, 5.74) is 0.516. The van der Waals surface area contributed by atoms with Crippen molar-refractivity contribution >= 4 is 35.0 Å². The summed E-state index contributed by atoms with van der Waals surface area (Å²) in [5.74, 6) is 1.21. The second-order valence-corrected chi connectivity index (χ2v) is 7.39. The summed E-state index contributed by atoms with van der Waals surface area (Å²) in [4.78, 5) is 12.4. The fraction of sp³-hybridized carbons (Fsp3) is 0.211. The van der Waals surface area contributed by atoms with E-state index in [9.17, 15) is 4.79 Å². The van der Waals surface area contributed by atoms with Gasteiger partial charge in [0.25, 0.3) is 0 Å². The van der Waals surface area contributed by atoms with Gasteiger partial charge in [-0.3, -0.25) is 4.79 Å². The van der Waals surface area contributed by atoms with Crippen LogP contribution in [0.4, 0.5) is 5.69 Å². The van der Waals surface area contributed by atoms with Crippen molar-refractivity contribution < 1.29 is 9.53 Å². The second kappa shape index (κ2) is 8.92. The number of benzene rings is 2. The lowest BCUT2D eigenvalue weighted by Gasteiger charge is -2.13. The van der Waals surface area contributed by atoms with Crippen LogP contribution in [-0.2, 0) is 4.79 Å². The van der Waals surface area contributed by atoms with Crippen molar-refractivity contribution in [2.75, 3.05) is 11.1 Å². The summed E-state index contributed by atoms with van der Waals surface area (Å²) in [6, 6.07) is 14.7. The van der Waals surface area contributed by atoms with Gasteiger partial charge in [-0.15, -0.1) is 10.2 Å². The Kier molecular flexibility index (Phi) is 6.36. The summed E-state index contributed by atoms with van der Waals surface area (Å²) in [6.45, 7) is 4.07. The highest BCUT2D eigenvalue weighted by Gasteiger charge is 2.13. The summed E-state index contributed by atoms with van der Waals surface area (Å²) in [6.07, 6.45) is 1.66. The third-order valence-electron chi connectivity index (χ3n) is 3.62. The molecule has 3 rings (SSSR count). The molecule has 0 unspecified atom stereocenters. The van der Waals surface area contributed by atoms with Crippen molar-refractivity contribution in [3.63, 3.8) is 0 Å². The van der Waals surface area contributed by atoms with Gasteiger partial charge >= 0.3 is 0 Å². The van der Waals surface area contributed by atoms with Crippen molar-refractivity contribution in [3.8, 4) is 11.5 Å². The number of nitrogens with zero attached hydrogens (tertiary/aromatic N) is 3. The van der Waals surface area contributed by atoms with Crippen molar-refractivity contribution in [2.45, 2.75) is 25.0 Å². The minimum Gasteiger partial charge on any atom is -0.455 e. The topological polar surface area (TPSA) is 69.0 Å². The number of rotatable bonds is 7. The summed E-state index contributed by atoms with van der Waals surface area (Å²) in [7, 11) is 0. The Morgan fingerprint density at radius 2 is 2.04 bits per heavy atom. The van der Waals surface area contributed by atoms with Crippen LogP contribution in [-0.4, -0.2) is 26.4 Å². The molecule has 2 aromatic carbocycles. The van der Waals surface area contributed by atoms with E-state index in [-0.39, 0.29) is 17.7 Å². The molecule has 0 saturated carbocycles. The summed E-state index contributed by atoms with van der Waals surface area (Å²) < 4.78 is 7.78. The van der Waals surface area contributed by atoms with Crippen LogP contribution in [0.5, 0.6) is 11.5 Å². The van der Waals surface area contributed by atoms with Crippen LogP contribution >= 0.6 is 23.4 Å². The fourth-order valence-electron chi connectivity index (χ4n) is 2.31. The van der Waals surface area contributed by atoms with Gasteiger partial charge in [-0.2, -0.15) is 0 Å². The van der Waals surface area contributed by atoms with Crippen molar-refractivity contribution in [3.05, 3.63) is 59.9 Å². The number of halogens is 1. The zero-order chi connectivity index (χ0) is 19.2. The highest BCUT2D eigenvalue weighted by Crippen LogP contribution is 2.32. The smallest absolute Gasteiger partial charge is 0.234 e. The van der Waals surface area contributed by atoms with E-state index in [0.29, 0.717) is 27.4 Å². The number of aromatic nitrogens is 3. The number of amides is 1. The molecule has 0 atom stereocenters. The molecule has 0 aliphatic carbocycles. The lowest BCUT2D eigenvalue weighted by atomic mass is 10.3. The van der Waals surface area contributed by atoms with Gasteiger partial charge in [-0.1, -0.05) is 41.6 Å². The third kappa shape index (κ3) is 5.24. The van der Waals surface area contributed by atoms with E-state index in [0.717, 1.165) is 0 Å². The Labute approximate surface area is 166 Å². The largest absolute Gasteiger partial charge is 0.455 e. The maximum atomic E-state index is 12.4. The lowest BCUT2D eigenvalue weighted by Crippen LogP contribution is -2.15. The van der Waals surface area contributed by atoms with Gasteiger partial charge in [0.15, 0.2) is 10.9 Å². The van der Waals surface area contributed by atoms with Crippen LogP contribution in [0.15, 0.2) is 60.0 Å². The molecule has 1 aromatic heterocycles. The second-order valence-electron chi connectivity index (χ2n) is 6.01. The molecule has 0 aliphatic heterocycles. The van der Waals surface area contributed by atoms with E-state index in [1.54, 1.807) is 24.5 Å². The van der Waals surface area contributed by atoms with E-state index in [1.807, 2.05) is 48.7 Å². The standard InChI is InChI=1S/C19H19ClN4O2S/c1-13(2)24-12-21-23-19(24)27-11-18(25)22-16-10-14(20)8-9-17(16)26-15-6-4-3-5-7-15/h3-10,12-13H,11H2,1-2H3,(H,22,25). The zero-order valence-electron chi connectivity index (χ0n) is 14.9. The van der Waals surface area contributed by atoms with Gasteiger partial charge < -0.3 is 14.6 Å². The Morgan fingerprint density at radius 1 is 1.26 bits per heavy atom. The Hall–Kier alpha value is -2.51.